The van der Waals surface area contributed by atoms with Crippen LogP contribution in [0.2, 0.25) is 0 Å². The van der Waals surface area contributed by atoms with Gasteiger partial charge in [0.05, 0.1) is 22.9 Å². The largest absolute Gasteiger partial charge is 0.278 e. The van der Waals surface area contributed by atoms with Crippen molar-refractivity contribution in [1.29, 1.82) is 0 Å². The molecule has 0 atom stereocenters. The molecule has 0 amide bonds. The summed E-state index contributed by atoms with van der Waals surface area (Å²) in [5.74, 6) is 0. The molecule has 0 unspecified atom stereocenters. The monoisotopic (exact) mass is 245 g/mol. The van der Waals surface area contributed by atoms with Gasteiger partial charge in [0.1, 0.15) is 0 Å². The Bertz CT molecular complexity index is 877. The molecule has 1 N–H and O–H groups in total. The van der Waals surface area contributed by atoms with E-state index in [9.17, 15) is 0 Å². The quantitative estimate of drug-likeness (QED) is 0.554. The van der Waals surface area contributed by atoms with Gasteiger partial charge < -0.3 is 0 Å². The van der Waals surface area contributed by atoms with Crippen molar-refractivity contribution in [3.05, 3.63) is 60.8 Å². The van der Waals surface area contributed by atoms with Crippen LogP contribution in [-0.4, -0.2) is 15.2 Å². The molecule has 0 fully saturated rings. The van der Waals surface area contributed by atoms with E-state index < -0.39 is 0 Å². The van der Waals surface area contributed by atoms with Crippen LogP contribution in [0.15, 0.2) is 60.8 Å². The summed E-state index contributed by atoms with van der Waals surface area (Å²) in [5, 5.41) is 9.35. The highest BCUT2D eigenvalue weighted by Gasteiger charge is 2.06. The van der Waals surface area contributed by atoms with E-state index in [1.54, 1.807) is 0 Å². The van der Waals surface area contributed by atoms with Gasteiger partial charge in [-0.15, -0.1) is 0 Å². The second kappa shape index (κ2) is 3.92. The summed E-state index contributed by atoms with van der Waals surface area (Å²) in [4.78, 5) is 4.73. The van der Waals surface area contributed by atoms with Crippen LogP contribution < -0.4 is 0 Å². The smallest absolute Gasteiger partial charge is 0.0717 e. The second-order valence-corrected chi connectivity index (χ2v) is 4.53. The molecular formula is C16H11N3. The Morgan fingerprint density at radius 1 is 0.842 bits per heavy atom. The van der Waals surface area contributed by atoms with E-state index in [-0.39, 0.29) is 0 Å². The van der Waals surface area contributed by atoms with Gasteiger partial charge in [0.2, 0.25) is 0 Å². The van der Waals surface area contributed by atoms with Crippen LogP contribution in [0, 0.1) is 0 Å². The molecule has 4 rings (SSSR count). The predicted octanol–water partition coefficient (Wildman–Crippen LogP) is 3.78. The number of rotatable bonds is 1. The summed E-state index contributed by atoms with van der Waals surface area (Å²) in [6.07, 6.45) is 1.85. The van der Waals surface area contributed by atoms with Crippen molar-refractivity contribution in [3.8, 4) is 11.3 Å². The number of para-hydroxylation sites is 1. The molecule has 0 aliphatic rings. The van der Waals surface area contributed by atoms with Gasteiger partial charge in [0.15, 0.2) is 0 Å². The number of aromatic nitrogens is 3. The Morgan fingerprint density at radius 2 is 1.79 bits per heavy atom. The van der Waals surface area contributed by atoms with E-state index in [1.165, 1.54) is 0 Å². The molecule has 0 spiro atoms. The molecule has 0 saturated heterocycles. The van der Waals surface area contributed by atoms with E-state index in [0.29, 0.717) is 0 Å². The molecule has 4 aromatic rings. The number of hydrogen-bond donors (Lipinski definition) is 1. The van der Waals surface area contributed by atoms with Crippen molar-refractivity contribution in [2.24, 2.45) is 0 Å². The number of H-pyrrole nitrogens is 1. The van der Waals surface area contributed by atoms with Crippen LogP contribution in [0.3, 0.4) is 0 Å². The minimum atomic E-state index is 0.978. The number of nitrogens with one attached hydrogen (secondary N) is 1. The normalized spacial score (nSPS) is 11.2. The molecule has 0 bridgehead atoms. The first-order valence-corrected chi connectivity index (χ1v) is 6.20. The Kier molecular flexibility index (Phi) is 2.12. The van der Waals surface area contributed by atoms with Crippen molar-refractivity contribution in [1.82, 2.24) is 15.2 Å². The number of hydrogen-bond acceptors (Lipinski definition) is 2. The maximum Gasteiger partial charge on any atom is 0.0717 e. The van der Waals surface area contributed by atoms with E-state index >= 15 is 0 Å². The molecule has 0 aliphatic carbocycles. The molecule has 90 valence electrons. The van der Waals surface area contributed by atoms with E-state index in [0.717, 1.165) is 33.1 Å². The van der Waals surface area contributed by atoms with E-state index in [4.69, 9.17) is 4.98 Å². The van der Waals surface area contributed by atoms with Crippen molar-refractivity contribution in [3.63, 3.8) is 0 Å². The highest BCUT2D eigenvalue weighted by atomic mass is 15.1. The Labute approximate surface area is 109 Å². The number of benzene rings is 2. The zero-order valence-corrected chi connectivity index (χ0v) is 10.2. The van der Waals surface area contributed by atoms with Crippen LogP contribution in [0.1, 0.15) is 0 Å². The average Bonchev–Trinajstić information content (AvgIpc) is 2.95. The number of nitrogens with zero attached hydrogens (tertiary/aromatic N) is 2. The average molecular weight is 245 g/mol. The number of fused-ring (bicyclic) bond motifs is 2. The Morgan fingerprint density at radius 3 is 2.79 bits per heavy atom. The van der Waals surface area contributed by atoms with Crippen LogP contribution in [0.5, 0.6) is 0 Å². The van der Waals surface area contributed by atoms with Crippen molar-refractivity contribution >= 4 is 21.8 Å². The fourth-order valence-corrected chi connectivity index (χ4v) is 2.41. The maximum absolute atomic E-state index is 4.73. The fraction of sp³-hybridized carbons (Fsp3) is 0. The Hall–Kier alpha value is -2.68. The van der Waals surface area contributed by atoms with Crippen molar-refractivity contribution < 1.29 is 0 Å². The van der Waals surface area contributed by atoms with Gasteiger partial charge in [-0.25, -0.2) is 4.98 Å². The van der Waals surface area contributed by atoms with Crippen LogP contribution >= 0.6 is 0 Å². The second-order valence-electron chi connectivity index (χ2n) is 4.53. The van der Waals surface area contributed by atoms with E-state index in [1.807, 2.05) is 36.5 Å². The molecule has 2 heterocycles. The van der Waals surface area contributed by atoms with Gasteiger partial charge in [-0.3, -0.25) is 5.10 Å². The maximum atomic E-state index is 4.73. The summed E-state index contributed by atoms with van der Waals surface area (Å²) in [5.41, 5.74) is 4.13. The predicted molar refractivity (Wildman–Crippen MR) is 76.8 cm³/mol. The van der Waals surface area contributed by atoms with Crippen LogP contribution in [-0.2, 0) is 0 Å². The minimum Gasteiger partial charge on any atom is -0.278 e. The molecule has 0 aliphatic heterocycles. The van der Waals surface area contributed by atoms with Gasteiger partial charge in [0, 0.05) is 16.3 Å². The topological polar surface area (TPSA) is 41.6 Å². The van der Waals surface area contributed by atoms with Gasteiger partial charge >= 0.3 is 0 Å². The third-order valence-electron chi connectivity index (χ3n) is 3.36. The molecule has 3 nitrogen and oxygen atoms in total. The molecule has 0 saturated carbocycles. The van der Waals surface area contributed by atoms with Gasteiger partial charge in [-0.1, -0.05) is 36.4 Å². The summed E-state index contributed by atoms with van der Waals surface area (Å²) in [6.45, 7) is 0. The lowest BCUT2D eigenvalue weighted by molar-refractivity contribution is 1.12. The first kappa shape index (κ1) is 10.3. The minimum absolute atomic E-state index is 0.978. The molecule has 2 aromatic heterocycles. The third kappa shape index (κ3) is 1.59. The first-order chi connectivity index (χ1) is 9.42. The zero-order valence-electron chi connectivity index (χ0n) is 10.2. The molecule has 19 heavy (non-hydrogen) atoms. The fourth-order valence-electron chi connectivity index (χ4n) is 2.41. The van der Waals surface area contributed by atoms with Crippen LogP contribution in [0.4, 0.5) is 0 Å². The summed E-state index contributed by atoms with van der Waals surface area (Å²) in [6, 6.07) is 18.4. The molecule has 0 radical (unpaired) electrons. The molecule has 2 aromatic carbocycles. The SMILES string of the molecule is c1ccc2nc(-c3cccc4[nH]ncc34)ccc2c1. The molecule has 3 heteroatoms. The standard InChI is InChI=1S/C16H11N3/c1-2-6-14-11(4-1)8-9-15(18-14)12-5-3-7-16-13(12)10-17-19-16/h1-10H,(H,17,19). The first-order valence-electron chi connectivity index (χ1n) is 6.20. The summed E-state index contributed by atoms with van der Waals surface area (Å²) in [7, 11) is 0. The number of pyridine rings is 1. The summed E-state index contributed by atoms with van der Waals surface area (Å²) >= 11 is 0. The van der Waals surface area contributed by atoms with Crippen LogP contribution in [0.25, 0.3) is 33.1 Å². The van der Waals surface area contributed by atoms with Crippen molar-refractivity contribution in [2.75, 3.05) is 0 Å². The highest BCUT2D eigenvalue weighted by Crippen LogP contribution is 2.27. The third-order valence-corrected chi connectivity index (χ3v) is 3.36. The number of aromatic amines is 1. The van der Waals surface area contributed by atoms with Gasteiger partial charge in [-0.05, 0) is 18.2 Å². The van der Waals surface area contributed by atoms with E-state index in [2.05, 4.69) is 34.5 Å². The highest BCUT2D eigenvalue weighted by molar-refractivity contribution is 5.94. The lowest BCUT2D eigenvalue weighted by Crippen LogP contribution is -1.85. The molecular weight excluding hydrogens is 234 g/mol. The van der Waals surface area contributed by atoms with Crippen molar-refractivity contribution in [2.45, 2.75) is 0 Å². The lowest BCUT2D eigenvalue weighted by Gasteiger charge is -2.04. The zero-order chi connectivity index (χ0) is 12.7. The summed E-state index contributed by atoms with van der Waals surface area (Å²) < 4.78 is 0. The van der Waals surface area contributed by atoms with Gasteiger partial charge in [-0.2, -0.15) is 5.10 Å². The Balaban J connectivity index is 2.01. The van der Waals surface area contributed by atoms with Gasteiger partial charge in [0.25, 0.3) is 0 Å². The lowest BCUT2D eigenvalue weighted by atomic mass is 10.1.